The van der Waals surface area contributed by atoms with Crippen molar-refractivity contribution in [2.24, 2.45) is 0 Å². The third-order valence-electron chi connectivity index (χ3n) is 6.58. The molecular formula is C24H25N7O2S. The van der Waals surface area contributed by atoms with Crippen molar-refractivity contribution in [3.8, 4) is 0 Å². The number of carbonyl (C=O) groups excluding carboxylic acids is 1. The summed E-state index contributed by atoms with van der Waals surface area (Å²) in [4.78, 5) is 33.2. The Labute approximate surface area is 200 Å². The number of H-pyrrole nitrogens is 1. The Morgan fingerprint density at radius 1 is 1.12 bits per heavy atom. The third-order valence-corrected chi connectivity index (χ3v) is 7.37. The van der Waals surface area contributed by atoms with E-state index in [4.69, 9.17) is 0 Å². The molecule has 0 unspecified atom stereocenters. The van der Waals surface area contributed by atoms with Crippen molar-refractivity contribution in [3.63, 3.8) is 0 Å². The highest BCUT2D eigenvalue weighted by molar-refractivity contribution is 7.16. The number of likely N-dealkylation sites (tertiary alicyclic amines) is 1. The summed E-state index contributed by atoms with van der Waals surface area (Å²) in [5, 5.41) is 14.0. The van der Waals surface area contributed by atoms with Crippen LogP contribution in [0.1, 0.15) is 25.0 Å². The molecule has 2 aliphatic rings. The highest BCUT2D eigenvalue weighted by atomic mass is 32.1. The number of piperidine rings is 1. The Hall–Kier alpha value is -3.50. The molecule has 3 aromatic heterocycles. The number of nitrogens with zero attached hydrogens (tertiary/aromatic N) is 5. The van der Waals surface area contributed by atoms with Gasteiger partial charge in [-0.3, -0.25) is 0 Å². The number of hydrogen-bond donors (Lipinski definition) is 3. The lowest BCUT2D eigenvalue weighted by atomic mass is 10.0. The molecule has 1 saturated heterocycles. The molecule has 6 rings (SSSR count). The molecule has 9 nitrogen and oxygen atoms in total. The van der Waals surface area contributed by atoms with Gasteiger partial charge in [0.15, 0.2) is 0 Å². The van der Waals surface area contributed by atoms with E-state index < -0.39 is 0 Å². The zero-order chi connectivity index (χ0) is 23.1. The van der Waals surface area contributed by atoms with Gasteiger partial charge in [0.1, 0.15) is 17.8 Å². The number of aromatic nitrogens is 4. The van der Waals surface area contributed by atoms with Gasteiger partial charge in [-0.1, -0.05) is 6.08 Å². The molecule has 2 aliphatic heterocycles. The molecule has 10 heteroatoms. The minimum atomic E-state index is -0.281. The summed E-state index contributed by atoms with van der Waals surface area (Å²) in [7, 11) is 0. The monoisotopic (exact) mass is 475 g/mol. The van der Waals surface area contributed by atoms with Crippen molar-refractivity contribution in [1.82, 2.24) is 29.7 Å². The van der Waals surface area contributed by atoms with Crippen LogP contribution in [0.4, 0.5) is 16.3 Å². The smallest absolute Gasteiger partial charge is 0.320 e. The van der Waals surface area contributed by atoms with Gasteiger partial charge < -0.3 is 25.2 Å². The van der Waals surface area contributed by atoms with Gasteiger partial charge in [0.2, 0.25) is 0 Å². The predicted octanol–water partition coefficient (Wildman–Crippen LogP) is 3.98. The van der Waals surface area contributed by atoms with E-state index in [0.29, 0.717) is 39.0 Å². The molecule has 1 fully saturated rings. The molecular weight excluding hydrogens is 450 g/mol. The maximum absolute atomic E-state index is 12.8. The lowest BCUT2D eigenvalue weighted by molar-refractivity contribution is 0.0825. The maximum atomic E-state index is 12.8. The largest absolute Gasteiger partial charge is 0.393 e. The third kappa shape index (κ3) is 3.99. The molecule has 0 aliphatic carbocycles. The van der Waals surface area contributed by atoms with Crippen molar-refractivity contribution in [1.29, 1.82) is 0 Å². The Bertz CT molecular complexity index is 1390. The summed E-state index contributed by atoms with van der Waals surface area (Å²) in [6.45, 7) is 2.50. The first kappa shape index (κ1) is 21.1. The van der Waals surface area contributed by atoms with E-state index in [0.717, 1.165) is 44.9 Å². The normalized spacial score (nSPS) is 17.4. The summed E-state index contributed by atoms with van der Waals surface area (Å²) in [6.07, 6.45) is 5.48. The number of carbonyl (C=O) groups is 1. The number of aliphatic hydroxyl groups is 1. The Morgan fingerprint density at radius 2 is 2.00 bits per heavy atom. The van der Waals surface area contributed by atoms with Crippen molar-refractivity contribution < 1.29 is 9.90 Å². The Kier molecular flexibility index (Phi) is 5.39. The van der Waals surface area contributed by atoms with Gasteiger partial charge in [0.05, 0.1) is 27.2 Å². The fourth-order valence-corrected chi connectivity index (χ4v) is 5.34. The molecule has 4 aromatic rings. The predicted molar refractivity (Wildman–Crippen MR) is 133 cm³/mol. The summed E-state index contributed by atoms with van der Waals surface area (Å²) >= 11 is 1.61. The average molecular weight is 476 g/mol. The number of thiazole rings is 1. The molecule has 1 aromatic carbocycles. The first-order chi connectivity index (χ1) is 16.6. The van der Waals surface area contributed by atoms with Crippen LogP contribution < -0.4 is 5.32 Å². The number of amides is 2. The van der Waals surface area contributed by atoms with Crippen LogP contribution in [0.2, 0.25) is 0 Å². The fourth-order valence-electron chi connectivity index (χ4n) is 4.63. The van der Waals surface area contributed by atoms with Gasteiger partial charge in [0, 0.05) is 37.6 Å². The minimum absolute atomic E-state index is 0.0640. The highest BCUT2D eigenvalue weighted by Gasteiger charge is 2.27. The minimum Gasteiger partial charge on any atom is -0.393 e. The van der Waals surface area contributed by atoms with Crippen molar-refractivity contribution >= 4 is 55.7 Å². The summed E-state index contributed by atoms with van der Waals surface area (Å²) in [6, 6.07) is 8.22. The van der Waals surface area contributed by atoms with E-state index in [1.807, 2.05) is 27.4 Å². The number of nitrogens with one attached hydrogen (secondary N) is 2. The molecule has 0 atom stereocenters. The first-order valence-corrected chi connectivity index (χ1v) is 12.4. The van der Waals surface area contributed by atoms with E-state index >= 15 is 0 Å². The Balaban J connectivity index is 1.19. The molecule has 5 heterocycles. The van der Waals surface area contributed by atoms with Gasteiger partial charge >= 0.3 is 6.03 Å². The van der Waals surface area contributed by atoms with Gasteiger partial charge in [0.25, 0.3) is 0 Å². The van der Waals surface area contributed by atoms with E-state index in [2.05, 4.69) is 43.5 Å². The number of rotatable bonds is 3. The SMILES string of the molecule is O=C(N1CC=C(c2cc3c(Nc4ccc5ncsc5c4)ncnc3[nH]2)CC1)N1CCC(O)CC1. The first-order valence-electron chi connectivity index (χ1n) is 11.5. The number of anilines is 2. The molecule has 0 spiro atoms. The standard InChI is InChI=1S/C24H25N7O2S/c32-17-5-9-31(10-6-17)24(33)30-7-3-15(4-8-30)20-12-18-22(25-13-26-23(18)29-20)28-16-1-2-19-21(11-16)34-14-27-19/h1-3,11-14,17,32H,4-10H2,(H2,25,26,28,29). The topological polar surface area (TPSA) is 110 Å². The highest BCUT2D eigenvalue weighted by Crippen LogP contribution is 2.30. The van der Waals surface area contributed by atoms with Crippen LogP contribution in [0.25, 0.3) is 26.8 Å². The zero-order valence-corrected chi connectivity index (χ0v) is 19.4. The van der Waals surface area contributed by atoms with Crippen LogP contribution in [0.3, 0.4) is 0 Å². The van der Waals surface area contributed by atoms with E-state index in [1.54, 1.807) is 17.7 Å². The van der Waals surface area contributed by atoms with Gasteiger partial charge in [-0.05, 0) is 49.1 Å². The van der Waals surface area contributed by atoms with Crippen LogP contribution in [0.15, 0.2) is 42.2 Å². The molecule has 0 saturated carbocycles. The van der Waals surface area contributed by atoms with Gasteiger partial charge in [-0.2, -0.15) is 0 Å². The van der Waals surface area contributed by atoms with Gasteiger partial charge in [-0.25, -0.2) is 19.7 Å². The second-order valence-corrected chi connectivity index (χ2v) is 9.64. The zero-order valence-electron chi connectivity index (χ0n) is 18.6. The molecule has 0 radical (unpaired) electrons. The van der Waals surface area contributed by atoms with E-state index in [-0.39, 0.29) is 12.1 Å². The summed E-state index contributed by atoms with van der Waals surface area (Å²) < 4.78 is 1.12. The van der Waals surface area contributed by atoms with Crippen molar-refractivity contribution in [2.45, 2.75) is 25.4 Å². The number of benzene rings is 1. The van der Waals surface area contributed by atoms with E-state index in [1.165, 1.54) is 5.57 Å². The van der Waals surface area contributed by atoms with Gasteiger partial charge in [-0.15, -0.1) is 11.3 Å². The molecule has 3 N–H and O–H groups in total. The quantitative estimate of drug-likeness (QED) is 0.413. The number of urea groups is 1. The van der Waals surface area contributed by atoms with E-state index in [9.17, 15) is 9.90 Å². The van der Waals surface area contributed by atoms with Crippen LogP contribution in [-0.4, -0.2) is 73.2 Å². The average Bonchev–Trinajstić information content (AvgIpc) is 3.52. The number of fused-ring (bicyclic) bond motifs is 2. The molecule has 2 amide bonds. The molecule has 174 valence electrons. The van der Waals surface area contributed by atoms with Crippen molar-refractivity contribution in [3.05, 3.63) is 47.9 Å². The molecule has 0 bridgehead atoms. The van der Waals surface area contributed by atoms with Crippen LogP contribution in [0, 0.1) is 0 Å². The van der Waals surface area contributed by atoms with Crippen LogP contribution >= 0.6 is 11.3 Å². The number of aromatic amines is 1. The van der Waals surface area contributed by atoms with Crippen molar-refractivity contribution in [2.75, 3.05) is 31.5 Å². The number of hydrogen-bond acceptors (Lipinski definition) is 7. The second-order valence-electron chi connectivity index (χ2n) is 8.75. The Morgan fingerprint density at radius 3 is 2.82 bits per heavy atom. The lowest BCUT2D eigenvalue weighted by Gasteiger charge is -2.35. The summed E-state index contributed by atoms with van der Waals surface area (Å²) in [5.74, 6) is 0.747. The maximum Gasteiger partial charge on any atom is 0.320 e. The van der Waals surface area contributed by atoms with Crippen LogP contribution in [0.5, 0.6) is 0 Å². The molecule has 34 heavy (non-hydrogen) atoms. The number of aliphatic hydroxyl groups excluding tert-OH is 1. The lowest BCUT2D eigenvalue weighted by Crippen LogP contribution is -2.48. The second kappa shape index (κ2) is 8.69. The van der Waals surface area contributed by atoms with Crippen LogP contribution in [-0.2, 0) is 0 Å². The fraction of sp³-hybridized carbons (Fsp3) is 0.333. The summed E-state index contributed by atoms with van der Waals surface area (Å²) in [5.41, 5.74) is 6.74.